The Kier molecular flexibility index (Phi) is 5.30. The average Bonchev–Trinajstić information content (AvgIpc) is 2.41. The Morgan fingerprint density at radius 2 is 2.00 bits per heavy atom. The Balaban J connectivity index is 2.35. The van der Waals surface area contributed by atoms with Crippen LogP contribution in [-0.4, -0.2) is 31.1 Å². The van der Waals surface area contributed by atoms with Crippen LogP contribution in [0.5, 0.6) is 0 Å². The molecule has 0 aromatic heterocycles. The minimum atomic E-state index is -3.66. The van der Waals surface area contributed by atoms with Gasteiger partial charge in [-0.1, -0.05) is 29.6 Å². The van der Waals surface area contributed by atoms with Gasteiger partial charge in [0.1, 0.15) is 5.78 Å². The van der Waals surface area contributed by atoms with Gasteiger partial charge in [0, 0.05) is 19.0 Å². The minimum absolute atomic E-state index is 0.00348. The summed E-state index contributed by atoms with van der Waals surface area (Å²) in [6.07, 6.45) is 2.70. The van der Waals surface area contributed by atoms with Crippen molar-refractivity contribution in [2.75, 3.05) is 6.54 Å². The molecule has 1 aliphatic heterocycles. The highest BCUT2D eigenvalue weighted by atomic mass is 35.5. The van der Waals surface area contributed by atoms with E-state index < -0.39 is 10.0 Å². The number of benzene rings is 1. The Bertz CT molecular complexity index is 646. The molecule has 1 atom stereocenters. The summed E-state index contributed by atoms with van der Waals surface area (Å²) in [5, 5.41) is 0.521. The van der Waals surface area contributed by atoms with Crippen LogP contribution in [0.25, 0.3) is 0 Å². The Morgan fingerprint density at radius 3 is 2.62 bits per heavy atom. The van der Waals surface area contributed by atoms with Gasteiger partial charge in [0.25, 0.3) is 0 Å². The lowest BCUT2D eigenvalue weighted by Gasteiger charge is -2.34. The first-order chi connectivity index (χ1) is 9.82. The molecule has 21 heavy (non-hydrogen) atoms. The van der Waals surface area contributed by atoms with E-state index in [-0.39, 0.29) is 28.2 Å². The Labute approximate surface area is 135 Å². The van der Waals surface area contributed by atoms with E-state index in [4.69, 9.17) is 23.2 Å². The number of carbonyl (C=O) groups excluding carboxylic acids is 1. The summed E-state index contributed by atoms with van der Waals surface area (Å²) in [4.78, 5) is 11.5. The number of hydrogen-bond donors (Lipinski definition) is 0. The van der Waals surface area contributed by atoms with E-state index in [9.17, 15) is 13.2 Å². The minimum Gasteiger partial charge on any atom is -0.300 e. The summed E-state index contributed by atoms with van der Waals surface area (Å²) < 4.78 is 26.9. The van der Waals surface area contributed by atoms with Crippen molar-refractivity contribution in [2.24, 2.45) is 0 Å². The van der Waals surface area contributed by atoms with Crippen molar-refractivity contribution in [3.05, 3.63) is 28.2 Å². The zero-order valence-electron chi connectivity index (χ0n) is 11.7. The number of ketones is 1. The number of rotatable bonds is 4. The van der Waals surface area contributed by atoms with E-state index in [0.717, 1.165) is 12.8 Å². The fourth-order valence-corrected chi connectivity index (χ4v) is 4.68. The first-order valence-electron chi connectivity index (χ1n) is 6.78. The molecule has 1 aromatic rings. The van der Waals surface area contributed by atoms with Gasteiger partial charge in [-0.3, -0.25) is 4.79 Å². The van der Waals surface area contributed by atoms with Crippen molar-refractivity contribution in [3.8, 4) is 0 Å². The van der Waals surface area contributed by atoms with Crippen LogP contribution in [0, 0.1) is 0 Å². The van der Waals surface area contributed by atoms with Crippen LogP contribution in [0.15, 0.2) is 23.1 Å². The molecule has 116 valence electrons. The first kappa shape index (κ1) is 16.7. The van der Waals surface area contributed by atoms with Gasteiger partial charge in [0.2, 0.25) is 10.0 Å². The predicted octanol–water partition coefficient (Wildman–Crippen LogP) is 3.52. The van der Waals surface area contributed by atoms with Crippen molar-refractivity contribution < 1.29 is 13.2 Å². The molecule has 0 amide bonds. The summed E-state index contributed by atoms with van der Waals surface area (Å²) >= 11 is 11.7. The molecular weight excluding hydrogens is 333 g/mol. The molecule has 0 spiro atoms. The van der Waals surface area contributed by atoms with Gasteiger partial charge in [-0.25, -0.2) is 8.42 Å². The molecule has 0 bridgehead atoms. The Morgan fingerprint density at radius 1 is 1.29 bits per heavy atom. The number of Topliss-reactive ketones (excluding diaryl/α,β-unsaturated/α-hetero) is 1. The molecule has 7 heteroatoms. The quantitative estimate of drug-likeness (QED) is 0.835. The topological polar surface area (TPSA) is 54.5 Å². The van der Waals surface area contributed by atoms with Gasteiger partial charge < -0.3 is 0 Å². The number of carbonyl (C=O) groups is 1. The normalized spacial score (nSPS) is 20.4. The highest BCUT2D eigenvalue weighted by Crippen LogP contribution is 2.30. The molecule has 1 saturated heterocycles. The predicted molar refractivity (Wildman–Crippen MR) is 83.3 cm³/mol. The zero-order valence-corrected chi connectivity index (χ0v) is 14.0. The molecule has 0 aliphatic carbocycles. The van der Waals surface area contributed by atoms with Crippen LogP contribution >= 0.6 is 23.2 Å². The lowest BCUT2D eigenvalue weighted by molar-refractivity contribution is -0.118. The van der Waals surface area contributed by atoms with Crippen LogP contribution in [-0.2, 0) is 14.8 Å². The highest BCUT2D eigenvalue weighted by Gasteiger charge is 2.34. The molecule has 0 N–H and O–H groups in total. The molecule has 1 fully saturated rings. The molecule has 2 rings (SSSR count). The zero-order chi connectivity index (χ0) is 15.6. The number of sulfonamides is 1. The molecular formula is C14H17Cl2NO3S. The van der Waals surface area contributed by atoms with Crippen molar-refractivity contribution >= 4 is 39.0 Å². The third-order valence-electron chi connectivity index (χ3n) is 3.59. The SMILES string of the molecule is CC(=O)CC1CCCCN1S(=O)(=O)c1ccc(Cl)c(Cl)c1. The van der Waals surface area contributed by atoms with Crippen molar-refractivity contribution in [3.63, 3.8) is 0 Å². The number of piperidine rings is 1. The van der Waals surface area contributed by atoms with E-state index in [0.29, 0.717) is 18.0 Å². The first-order valence-corrected chi connectivity index (χ1v) is 8.98. The second-order valence-electron chi connectivity index (χ2n) is 5.25. The van der Waals surface area contributed by atoms with Crippen LogP contribution in [0.2, 0.25) is 10.0 Å². The van der Waals surface area contributed by atoms with Crippen LogP contribution in [0.1, 0.15) is 32.6 Å². The van der Waals surface area contributed by atoms with Crippen molar-refractivity contribution in [2.45, 2.75) is 43.5 Å². The summed E-state index contributed by atoms with van der Waals surface area (Å²) in [7, 11) is -3.66. The largest absolute Gasteiger partial charge is 0.300 e. The second-order valence-corrected chi connectivity index (χ2v) is 7.95. The third-order valence-corrected chi connectivity index (χ3v) is 6.28. The molecule has 1 aromatic carbocycles. The highest BCUT2D eigenvalue weighted by molar-refractivity contribution is 7.89. The number of nitrogens with zero attached hydrogens (tertiary/aromatic N) is 1. The summed E-state index contributed by atoms with van der Waals surface area (Å²) in [6, 6.07) is 4.01. The molecule has 1 unspecified atom stereocenters. The van der Waals surface area contributed by atoms with E-state index in [2.05, 4.69) is 0 Å². The maximum Gasteiger partial charge on any atom is 0.243 e. The standard InChI is InChI=1S/C14H17Cl2NO3S/c1-10(18)8-11-4-2-3-7-17(11)21(19,20)12-5-6-13(15)14(16)9-12/h5-6,9,11H,2-4,7-8H2,1H3. The fourth-order valence-electron chi connectivity index (χ4n) is 2.60. The lowest BCUT2D eigenvalue weighted by atomic mass is 10.0. The fraction of sp³-hybridized carbons (Fsp3) is 0.500. The van der Waals surface area contributed by atoms with Gasteiger partial charge >= 0.3 is 0 Å². The smallest absolute Gasteiger partial charge is 0.243 e. The van der Waals surface area contributed by atoms with Crippen molar-refractivity contribution in [1.82, 2.24) is 4.31 Å². The van der Waals surface area contributed by atoms with Crippen LogP contribution in [0.4, 0.5) is 0 Å². The average molecular weight is 350 g/mol. The number of hydrogen-bond acceptors (Lipinski definition) is 3. The van der Waals surface area contributed by atoms with Gasteiger partial charge in [-0.15, -0.1) is 0 Å². The van der Waals surface area contributed by atoms with Crippen molar-refractivity contribution in [1.29, 1.82) is 0 Å². The van der Waals surface area contributed by atoms with E-state index in [1.807, 2.05) is 0 Å². The van der Waals surface area contributed by atoms with Gasteiger partial charge in [0.15, 0.2) is 0 Å². The lowest BCUT2D eigenvalue weighted by Crippen LogP contribution is -2.44. The molecule has 0 saturated carbocycles. The maximum atomic E-state index is 12.8. The van der Waals surface area contributed by atoms with E-state index >= 15 is 0 Å². The molecule has 4 nitrogen and oxygen atoms in total. The maximum absolute atomic E-state index is 12.8. The van der Waals surface area contributed by atoms with E-state index in [1.54, 1.807) is 0 Å². The summed E-state index contributed by atoms with van der Waals surface area (Å²) in [6.45, 7) is 1.92. The summed E-state index contributed by atoms with van der Waals surface area (Å²) in [5.74, 6) is -0.00348. The molecule has 1 aliphatic rings. The Hall–Kier alpha value is -0.620. The van der Waals surface area contributed by atoms with Crippen LogP contribution < -0.4 is 0 Å². The monoisotopic (exact) mass is 349 g/mol. The summed E-state index contributed by atoms with van der Waals surface area (Å²) in [5.41, 5.74) is 0. The molecule has 0 radical (unpaired) electrons. The van der Waals surface area contributed by atoms with Gasteiger partial charge in [0.05, 0.1) is 14.9 Å². The van der Waals surface area contributed by atoms with Gasteiger partial charge in [-0.2, -0.15) is 4.31 Å². The second kappa shape index (κ2) is 6.65. The van der Waals surface area contributed by atoms with Crippen LogP contribution in [0.3, 0.4) is 0 Å². The molecule has 1 heterocycles. The van der Waals surface area contributed by atoms with Gasteiger partial charge in [-0.05, 0) is 38.0 Å². The van der Waals surface area contributed by atoms with E-state index in [1.165, 1.54) is 29.4 Å². The third kappa shape index (κ3) is 3.77. The number of halogens is 2.